The summed E-state index contributed by atoms with van der Waals surface area (Å²) in [6, 6.07) is 16.5. The van der Waals surface area contributed by atoms with Crippen molar-refractivity contribution < 1.29 is 42.3 Å². The van der Waals surface area contributed by atoms with E-state index in [0.29, 0.717) is 46.2 Å². The first-order chi connectivity index (χ1) is 28.9. The third-order valence-electron chi connectivity index (χ3n) is 10.4. The molecule has 1 aromatic heterocycles. The number of carbonyl (C=O) groups is 5. The number of nitrogens with zero attached hydrogens (tertiary/aromatic N) is 4. The zero-order chi connectivity index (χ0) is 42.6. The lowest BCUT2D eigenvalue weighted by molar-refractivity contribution is -0.136. The molecule has 0 aliphatic carbocycles. The van der Waals surface area contributed by atoms with Gasteiger partial charge in [-0.3, -0.25) is 38.8 Å². The van der Waals surface area contributed by atoms with E-state index in [-0.39, 0.29) is 59.1 Å². The Labute approximate surface area is 354 Å². The smallest absolute Gasteiger partial charge is 0.362 e. The van der Waals surface area contributed by atoms with Gasteiger partial charge in [0.05, 0.1) is 41.1 Å². The number of ether oxygens (including phenoxy) is 1. The van der Waals surface area contributed by atoms with Crippen LogP contribution in [-0.2, 0) is 28.0 Å². The van der Waals surface area contributed by atoms with Crippen LogP contribution >= 0.6 is 31.0 Å². The zero-order valence-corrected chi connectivity index (χ0v) is 35.3. The second-order valence-corrected chi connectivity index (χ2v) is 17.7. The molecule has 4 N–H and O–H groups in total. The van der Waals surface area contributed by atoms with E-state index in [2.05, 4.69) is 36.1 Å². The maximum atomic E-state index is 13.4. The average Bonchev–Trinajstić information content (AvgIpc) is 3.51. The molecule has 0 radical (unpaired) electrons. The third kappa shape index (κ3) is 8.98. The summed E-state index contributed by atoms with van der Waals surface area (Å²) in [6.45, 7) is 1.39. The summed E-state index contributed by atoms with van der Waals surface area (Å²) in [5.41, 5.74) is 2.41. The van der Waals surface area contributed by atoms with Gasteiger partial charge in [0.1, 0.15) is 16.8 Å². The van der Waals surface area contributed by atoms with Crippen LogP contribution in [0, 0.1) is 0 Å². The molecule has 20 heteroatoms. The van der Waals surface area contributed by atoms with Gasteiger partial charge in [0.25, 0.3) is 11.8 Å². The van der Waals surface area contributed by atoms with Gasteiger partial charge in [-0.1, -0.05) is 29.8 Å². The van der Waals surface area contributed by atoms with Gasteiger partial charge in [0.15, 0.2) is 5.82 Å². The lowest BCUT2D eigenvalue weighted by Crippen LogP contribution is -2.54. The van der Waals surface area contributed by atoms with Crippen molar-refractivity contribution in [2.45, 2.75) is 49.1 Å². The second kappa shape index (κ2) is 18.4. The van der Waals surface area contributed by atoms with Crippen LogP contribution in [0.3, 0.4) is 0 Å². The Kier molecular flexibility index (Phi) is 13.1. The fourth-order valence-electron chi connectivity index (χ4n) is 7.27. The zero-order valence-electron chi connectivity index (χ0n) is 32.9. The number of anilines is 5. The molecule has 314 valence electrons. The van der Waals surface area contributed by atoms with Gasteiger partial charge >= 0.3 is 7.60 Å². The van der Waals surface area contributed by atoms with E-state index in [1.807, 2.05) is 18.2 Å². The maximum absolute atomic E-state index is 13.4. The van der Waals surface area contributed by atoms with Crippen molar-refractivity contribution in [1.82, 2.24) is 25.5 Å². The number of rotatable bonds is 15. The monoisotopic (exact) mass is 876 g/mol. The predicted molar refractivity (Wildman–Crippen MR) is 226 cm³/mol. The average molecular weight is 877 g/mol. The number of aromatic nitrogens is 2. The van der Waals surface area contributed by atoms with Crippen LogP contribution < -0.4 is 36.2 Å². The lowest BCUT2D eigenvalue weighted by atomic mass is 10.0. The first-order valence-corrected chi connectivity index (χ1v) is 21.9. The van der Waals surface area contributed by atoms with Crippen LogP contribution in [0.25, 0.3) is 0 Å². The summed E-state index contributed by atoms with van der Waals surface area (Å²) in [4.78, 5) is 76.2. The Morgan fingerprint density at radius 3 is 2.45 bits per heavy atom. The molecule has 3 aromatic carbocycles. The molecule has 5 amide bonds. The van der Waals surface area contributed by atoms with Crippen molar-refractivity contribution in [2.24, 2.45) is 0 Å². The van der Waals surface area contributed by atoms with Crippen LogP contribution in [0.5, 0.6) is 5.75 Å². The summed E-state index contributed by atoms with van der Waals surface area (Å²) < 4.78 is 29.3. The minimum atomic E-state index is -3.59. The number of para-hydroxylation sites is 1. The van der Waals surface area contributed by atoms with Crippen molar-refractivity contribution >= 4 is 94.6 Å². The predicted octanol–water partition coefficient (Wildman–Crippen LogP) is 5.41. The molecule has 4 aromatic rings. The van der Waals surface area contributed by atoms with Crippen molar-refractivity contribution in [3.8, 4) is 5.75 Å². The van der Waals surface area contributed by atoms with E-state index < -0.39 is 37.3 Å². The number of hydrogen-bond donors (Lipinski definition) is 4. The summed E-state index contributed by atoms with van der Waals surface area (Å²) in [6.07, 6.45) is 3.21. The number of imide groups is 2. The fourth-order valence-corrected chi connectivity index (χ4v) is 9.67. The molecule has 0 bridgehead atoms. The quantitative estimate of drug-likeness (QED) is 0.0669. The van der Waals surface area contributed by atoms with E-state index in [9.17, 15) is 28.5 Å². The van der Waals surface area contributed by atoms with Gasteiger partial charge < -0.3 is 34.6 Å². The van der Waals surface area contributed by atoms with Gasteiger partial charge in [-0.25, -0.2) is 4.98 Å². The Bertz CT molecular complexity index is 2390. The molecule has 4 heterocycles. The number of benzene rings is 3. The van der Waals surface area contributed by atoms with Crippen molar-refractivity contribution in [1.29, 1.82) is 0 Å². The summed E-state index contributed by atoms with van der Waals surface area (Å²) in [5.74, 6) is -0.932. The highest BCUT2D eigenvalue weighted by Gasteiger charge is 2.45. The number of thioether (sulfide) groups is 1. The standard InChI is InChI=1S/C40H42ClN8O9PS/c1-56-30-21-24(11-12-27(30)45-40-42-22-26(41)36(47-40)44-28-8-4-5-9-31(28)59(55,57-2)58-3)48-18-15-23(16-19-48)43-34(51)17-20-60-32-10-6-7-25-35(32)39(54)49(38(25)53)29-13-14-33(50)46-37(29)52/h4-12,21-23,29H,13-20H2,1-3H3,(H,43,51)(H,46,50,52)(H2,42,44,45,47). The Hall–Kier alpha value is -5.52. The first kappa shape index (κ1) is 42.6. The van der Waals surface area contributed by atoms with Crippen LogP contribution in [0.15, 0.2) is 71.8 Å². The highest BCUT2D eigenvalue weighted by atomic mass is 35.5. The molecular formula is C40H42ClN8O9PS. The molecule has 60 heavy (non-hydrogen) atoms. The summed E-state index contributed by atoms with van der Waals surface area (Å²) >= 11 is 7.75. The molecule has 17 nitrogen and oxygen atoms in total. The van der Waals surface area contributed by atoms with Crippen molar-refractivity contribution in [3.05, 3.63) is 83.0 Å². The van der Waals surface area contributed by atoms with Crippen LogP contribution in [-0.4, -0.2) is 96.7 Å². The molecule has 2 fully saturated rings. The molecule has 0 saturated carbocycles. The van der Waals surface area contributed by atoms with E-state index >= 15 is 0 Å². The number of piperidine rings is 2. The molecule has 1 unspecified atom stereocenters. The van der Waals surface area contributed by atoms with Gasteiger partial charge in [0.2, 0.25) is 23.7 Å². The second-order valence-electron chi connectivity index (χ2n) is 14.0. The van der Waals surface area contributed by atoms with Gasteiger partial charge in [-0.2, -0.15) is 4.98 Å². The van der Waals surface area contributed by atoms with Crippen molar-refractivity contribution in [2.75, 3.05) is 55.7 Å². The number of hydrogen-bond acceptors (Lipinski definition) is 15. The van der Waals surface area contributed by atoms with Crippen molar-refractivity contribution in [3.63, 3.8) is 0 Å². The Morgan fingerprint density at radius 2 is 1.72 bits per heavy atom. The van der Waals surface area contributed by atoms with E-state index in [1.54, 1.807) is 49.6 Å². The SMILES string of the molecule is COc1cc(N2CCC(NC(=O)CCSc3cccc4c3C(=O)N(C3CCC(=O)NC3=O)C4=O)CC2)ccc1Nc1ncc(Cl)c(Nc2ccccc2P(=O)(OC)OC)n1. The van der Waals surface area contributed by atoms with Crippen LogP contribution in [0.1, 0.15) is 52.8 Å². The van der Waals surface area contributed by atoms with Gasteiger partial charge in [-0.15, -0.1) is 11.8 Å². The topological polar surface area (TPSA) is 210 Å². The number of nitrogens with one attached hydrogen (secondary N) is 4. The lowest BCUT2D eigenvalue weighted by Gasteiger charge is -2.34. The van der Waals surface area contributed by atoms with E-state index in [0.717, 1.165) is 23.4 Å². The molecule has 2 saturated heterocycles. The minimum Gasteiger partial charge on any atom is -0.494 e. The molecule has 0 spiro atoms. The number of carbonyl (C=O) groups excluding carboxylic acids is 5. The summed E-state index contributed by atoms with van der Waals surface area (Å²) in [5, 5.41) is 12.2. The molecule has 3 aliphatic rings. The number of fused-ring (bicyclic) bond motifs is 1. The van der Waals surface area contributed by atoms with Gasteiger partial charge in [0, 0.05) is 68.6 Å². The maximum Gasteiger partial charge on any atom is 0.362 e. The number of amides is 5. The highest BCUT2D eigenvalue weighted by Crippen LogP contribution is 2.47. The fraction of sp³-hybridized carbons (Fsp3) is 0.325. The normalized spacial score (nSPS) is 17.0. The van der Waals surface area contributed by atoms with E-state index in [4.69, 9.17) is 25.4 Å². The number of halogens is 1. The first-order valence-electron chi connectivity index (χ1n) is 19.0. The minimum absolute atomic E-state index is 0.0170. The molecular weight excluding hydrogens is 835 g/mol. The van der Waals surface area contributed by atoms with Gasteiger partial charge in [-0.05, 0) is 55.7 Å². The largest absolute Gasteiger partial charge is 0.494 e. The van der Waals surface area contributed by atoms with Crippen LogP contribution in [0.2, 0.25) is 5.02 Å². The summed E-state index contributed by atoms with van der Waals surface area (Å²) in [7, 11) is 0.599. The van der Waals surface area contributed by atoms with E-state index in [1.165, 1.54) is 32.2 Å². The van der Waals surface area contributed by atoms with Crippen LogP contribution in [0.4, 0.5) is 28.8 Å². The molecule has 1 atom stereocenters. The Morgan fingerprint density at radius 1 is 0.950 bits per heavy atom. The molecule has 7 rings (SSSR count). The Balaban J connectivity index is 0.910. The highest BCUT2D eigenvalue weighted by molar-refractivity contribution is 7.99. The number of methoxy groups -OCH3 is 1. The third-order valence-corrected chi connectivity index (χ3v) is 13.6. The molecule has 3 aliphatic heterocycles.